The van der Waals surface area contributed by atoms with Gasteiger partial charge in [0, 0.05) is 18.7 Å². The number of aliphatic hydroxyl groups is 1. The molecule has 21 heavy (non-hydrogen) atoms. The number of carbonyl (C=O) groups is 2. The lowest BCUT2D eigenvalue weighted by Gasteiger charge is -2.26. The summed E-state index contributed by atoms with van der Waals surface area (Å²) in [6, 6.07) is 6.59. The molecule has 0 spiro atoms. The van der Waals surface area contributed by atoms with E-state index in [1.165, 1.54) is 4.90 Å². The van der Waals surface area contributed by atoms with E-state index in [9.17, 15) is 14.7 Å². The Morgan fingerprint density at radius 1 is 1.38 bits per heavy atom. The summed E-state index contributed by atoms with van der Waals surface area (Å²) in [6.07, 6.45) is -0.591. The van der Waals surface area contributed by atoms with Gasteiger partial charge in [0.05, 0.1) is 12.7 Å². The Morgan fingerprint density at radius 2 is 2.10 bits per heavy atom. The quantitative estimate of drug-likeness (QED) is 0.781. The van der Waals surface area contributed by atoms with Gasteiger partial charge in [0.2, 0.25) is 0 Å². The molecule has 110 valence electrons. The van der Waals surface area contributed by atoms with Crippen LogP contribution >= 0.6 is 0 Å². The summed E-state index contributed by atoms with van der Waals surface area (Å²) in [6.45, 7) is 1.21. The van der Waals surface area contributed by atoms with Gasteiger partial charge in [0.15, 0.2) is 11.9 Å². The number of methoxy groups -OCH3 is 1. The zero-order chi connectivity index (χ0) is 15.0. The highest BCUT2D eigenvalue weighted by Crippen LogP contribution is 2.28. The third-order valence-electron chi connectivity index (χ3n) is 3.75. The summed E-state index contributed by atoms with van der Waals surface area (Å²) in [7, 11) is 1.55. The summed E-state index contributed by atoms with van der Waals surface area (Å²) in [5.41, 5.74) is 0.546. The SMILES string of the molecule is COc1ccc(C(=O)C2=C3NCCCN3C(=O)C2O)cc1. The van der Waals surface area contributed by atoms with E-state index in [1.54, 1.807) is 31.4 Å². The summed E-state index contributed by atoms with van der Waals surface area (Å²) in [5, 5.41) is 13.1. The minimum atomic E-state index is -1.39. The largest absolute Gasteiger partial charge is 0.497 e. The lowest BCUT2D eigenvalue weighted by atomic mass is 10.00. The minimum absolute atomic E-state index is 0.130. The lowest BCUT2D eigenvalue weighted by molar-refractivity contribution is -0.134. The highest BCUT2D eigenvalue weighted by molar-refractivity contribution is 6.15. The Balaban J connectivity index is 1.96. The average Bonchev–Trinajstić information content (AvgIpc) is 2.79. The van der Waals surface area contributed by atoms with Crippen molar-refractivity contribution in [3.05, 3.63) is 41.2 Å². The van der Waals surface area contributed by atoms with Gasteiger partial charge in [-0.15, -0.1) is 0 Å². The van der Waals surface area contributed by atoms with Crippen LogP contribution in [0.1, 0.15) is 16.8 Å². The van der Waals surface area contributed by atoms with Gasteiger partial charge < -0.3 is 15.2 Å². The summed E-state index contributed by atoms with van der Waals surface area (Å²) >= 11 is 0. The van der Waals surface area contributed by atoms with Gasteiger partial charge >= 0.3 is 0 Å². The second-order valence-corrected chi connectivity index (χ2v) is 4.99. The van der Waals surface area contributed by atoms with E-state index in [2.05, 4.69) is 5.32 Å². The lowest BCUT2D eigenvalue weighted by Crippen LogP contribution is -2.41. The zero-order valence-electron chi connectivity index (χ0n) is 11.6. The smallest absolute Gasteiger partial charge is 0.261 e. The molecule has 1 atom stereocenters. The molecule has 0 bridgehead atoms. The number of ketones is 1. The molecule has 1 saturated heterocycles. The van der Waals surface area contributed by atoms with Crippen LogP contribution < -0.4 is 10.1 Å². The molecule has 1 amide bonds. The van der Waals surface area contributed by atoms with Gasteiger partial charge in [-0.25, -0.2) is 0 Å². The third kappa shape index (κ3) is 2.17. The molecular formula is C15H16N2O4. The molecule has 6 heteroatoms. The number of aliphatic hydroxyl groups excluding tert-OH is 1. The molecule has 1 unspecified atom stereocenters. The molecule has 2 heterocycles. The molecule has 6 nitrogen and oxygen atoms in total. The van der Waals surface area contributed by atoms with Crippen molar-refractivity contribution in [2.24, 2.45) is 0 Å². The van der Waals surface area contributed by atoms with Crippen molar-refractivity contribution in [2.75, 3.05) is 20.2 Å². The number of hydrogen-bond acceptors (Lipinski definition) is 5. The van der Waals surface area contributed by atoms with Crippen molar-refractivity contribution >= 4 is 11.7 Å². The van der Waals surface area contributed by atoms with Crippen LogP contribution in [0.2, 0.25) is 0 Å². The van der Waals surface area contributed by atoms with Gasteiger partial charge in [-0.05, 0) is 30.7 Å². The predicted octanol–water partition coefficient (Wildman–Crippen LogP) is 0.286. The maximum Gasteiger partial charge on any atom is 0.261 e. The van der Waals surface area contributed by atoms with Crippen LogP contribution in [0.25, 0.3) is 0 Å². The first-order valence-electron chi connectivity index (χ1n) is 6.79. The monoisotopic (exact) mass is 288 g/mol. The first-order chi connectivity index (χ1) is 10.1. The van der Waals surface area contributed by atoms with Gasteiger partial charge in [0.1, 0.15) is 11.6 Å². The van der Waals surface area contributed by atoms with Crippen LogP contribution in [0, 0.1) is 0 Å². The molecular weight excluding hydrogens is 272 g/mol. The Hall–Kier alpha value is -2.34. The van der Waals surface area contributed by atoms with Gasteiger partial charge in [-0.3, -0.25) is 14.5 Å². The van der Waals surface area contributed by atoms with Gasteiger partial charge in [-0.1, -0.05) is 0 Å². The van der Waals surface area contributed by atoms with E-state index in [-0.39, 0.29) is 11.4 Å². The second-order valence-electron chi connectivity index (χ2n) is 4.99. The van der Waals surface area contributed by atoms with Crippen LogP contribution in [0.3, 0.4) is 0 Å². The van der Waals surface area contributed by atoms with Crippen molar-refractivity contribution in [2.45, 2.75) is 12.5 Å². The predicted molar refractivity (Wildman–Crippen MR) is 74.7 cm³/mol. The summed E-state index contributed by atoms with van der Waals surface area (Å²) in [4.78, 5) is 26.0. The van der Waals surface area contributed by atoms with E-state index in [0.717, 1.165) is 6.42 Å². The molecule has 0 aromatic heterocycles. The Labute approximate surface area is 122 Å². The van der Waals surface area contributed by atoms with Crippen molar-refractivity contribution in [1.29, 1.82) is 0 Å². The number of amides is 1. The molecule has 2 N–H and O–H groups in total. The Morgan fingerprint density at radius 3 is 2.76 bits per heavy atom. The molecule has 1 aromatic carbocycles. The van der Waals surface area contributed by atoms with E-state index in [4.69, 9.17) is 4.74 Å². The van der Waals surface area contributed by atoms with Crippen LogP contribution in [0.15, 0.2) is 35.7 Å². The highest BCUT2D eigenvalue weighted by Gasteiger charge is 2.42. The van der Waals surface area contributed by atoms with E-state index >= 15 is 0 Å². The average molecular weight is 288 g/mol. The number of Topliss-reactive ketones (excluding diaryl/α,β-unsaturated/α-hetero) is 1. The number of ether oxygens (including phenoxy) is 1. The summed E-state index contributed by atoms with van der Waals surface area (Å²) < 4.78 is 5.05. The summed E-state index contributed by atoms with van der Waals surface area (Å²) in [5.74, 6) is 0.309. The van der Waals surface area contributed by atoms with Crippen molar-refractivity contribution in [3.63, 3.8) is 0 Å². The van der Waals surface area contributed by atoms with Crippen molar-refractivity contribution in [1.82, 2.24) is 10.2 Å². The first kappa shape index (κ1) is 13.6. The highest BCUT2D eigenvalue weighted by atomic mass is 16.5. The number of nitrogens with one attached hydrogen (secondary N) is 1. The molecule has 2 aliphatic heterocycles. The molecule has 0 saturated carbocycles. The standard InChI is InChI=1S/C15H16N2O4/c1-21-10-5-3-9(4-6-10)12(18)11-13(19)15(20)17-8-2-7-16-14(11)17/h3-6,13,16,19H,2,7-8H2,1H3. The van der Waals surface area contributed by atoms with Gasteiger partial charge in [-0.2, -0.15) is 0 Å². The fraction of sp³-hybridized carbons (Fsp3) is 0.333. The third-order valence-corrected chi connectivity index (χ3v) is 3.75. The molecule has 1 aromatic rings. The Kier molecular flexibility index (Phi) is 3.39. The molecule has 2 aliphatic rings. The number of nitrogens with zero attached hydrogens (tertiary/aromatic N) is 1. The maximum absolute atomic E-state index is 12.6. The van der Waals surface area contributed by atoms with Crippen LogP contribution in [0.5, 0.6) is 5.75 Å². The van der Waals surface area contributed by atoms with Crippen LogP contribution in [0.4, 0.5) is 0 Å². The van der Waals surface area contributed by atoms with E-state index in [0.29, 0.717) is 30.2 Å². The fourth-order valence-corrected chi connectivity index (χ4v) is 2.64. The first-order valence-corrected chi connectivity index (χ1v) is 6.79. The number of hydrogen-bond donors (Lipinski definition) is 2. The van der Waals surface area contributed by atoms with E-state index < -0.39 is 12.0 Å². The molecule has 0 aliphatic carbocycles. The van der Waals surface area contributed by atoms with Crippen molar-refractivity contribution < 1.29 is 19.4 Å². The number of rotatable bonds is 3. The van der Waals surface area contributed by atoms with Crippen molar-refractivity contribution in [3.8, 4) is 5.75 Å². The number of carbonyl (C=O) groups excluding carboxylic acids is 2. The maximum atomic E-state index is 12.6. The molecule has 1 fully saturated rings. The number of fused-ring (bicyclic) bond motifs is 1. The van der Waals surface area contributed by atoms with Crippen LogP contribution in [-0.2, 0) is 4.79 Å². The molecule has 0 radical (unpaired) electrons. The topological polar surface area (TPSA) is 78.9 Å². The second kappa shape index (κ2) is 5.21. The Bertz CT molecular complexity index is 621. The van der Waals surface area contributed by atoms with Gasteiger partial charge in [0.25, 0.3) is 5.91 Å². The minimum Gasteiger partial charge on any atom is -0.497 e. The molecule has 3 rings (SSSR count). The van der Waals surface area contributed by atoms with Crippen LogP contribution in [-0.4, -0.2) is 48.0 Å². The zero-order valence-corrected chi connectivity index (χ0v) is 11.6. The number of benzene rings is 1. The normalized spacial score (nSPS) is 21.1. The fourth-order valence-electron chi connectivity index (χ4n) is 2.64. The van der Waals surface area contributed by atoms with E-state index in [1.807, 2.05) is 0 Å².